The van der Waals surface area contributed by atoms with Crippen LogP contribution in [0, 0.1) is 5.92 Å². The first-order valence-corrected chi connectivity index (χ1v) is 7.85. The van der Waals surface area contributed by atoms with E-state index >= 15 is 0 Å². The summed E-state index contributed by atoms with van der Waals surface area (Å²) in [5.41, 5.74) is -0.284. The van der Waals surface area contributed by atoms with Crippen molar-refractivity contribution in [2.45, 2.75) is 31.5 Å². The van der Waals surface area contributed by atoms with Crippen molar-refractivity contribution >= 4 is 11.8 Å². The van der Waals surface area contributed by atoms with Gasteiger partial charge in [-0.1, -0.05) is 19.9 Å². The Morgan fingerprint density at radius 1 is 1.29 bits per heavy atom. The van der Waals surface area contributed by atoms with Crippen molar-refractivity contribution in [2.75, 3.05) is 26.0 Å². The van der Waals surface area contributed by atoms with Gasteiger partial charge < -0.3 is 10.1 Å². The Balaban J connectivity index is 2.82. The van der Waals surface area contributed by atoms with Gasteiger partial charge in [0, 0.05) is 30.8 Å². The number of rotatable bonds is 8. The SMILES string of the molecule is COCCNCc1ccc(SCC(C)C)cc1C(F)(F)F. The van der Waals surface area contributed by atoms with E-state index in [4.69, 9.17) is 4.74 Å². The molecule has 0 heterocycles. The fraction of sp³-hybridized carbons (Fsp3) is 0.600. The fourth-order valence-electron chi connectivity index (χ4n) is 1.72. The number of thioether (sulfide) groups is 1. The van der Waals surface area contributed by atoms with E-state index in [1.54, 1.807) is 19.2 Å². The van der Waals surface area contributed by atoms with E-state index in [9.17, 15) is 13.2 Å². The molecular weight excluding hydrogens is 299 g/mol. The summed E-state index contributed by atoms with van der Waals surface area (Å²) < 4.78 is 44.3. The lowest BCUT2D eigenvalue weighted by atomic mass is 10.1. The summed E-state index contributed by atoms with van der Waals surface area (Å²) in [4.78, 5) is 0.664. The molecule has 0 fully saturated rings. The Morgan fingerprint density at radius 2 is 2.00 bits per heavy atom. The lowest BCUT2D eigenvalue weighted by Gasteiger charge is -2.15. The van der Waals surface area contributed by atoms with E-state index in [-0.39, 0.29) is 12.1 Å². The molecule has 0 atom stereocenters. The molecule has 0 saturated carbocycles. The molecule has 0 aliphatic carbocycles. The standard InChI is InChI=1S/C15H22F3NOS/c1-11(2)10-21-13-5-4-12(9-19-6-7-20-3)14(8-13)15(16,17)18/h4-5,8,11,19H,6-7,9-10H2,1-3H3. The highest BCUT2D eigenvalue weighted by Gasteiger charge is 2.33. The second kappa shape index (κ2) is 8.66. The second-order valence-corrected chi connectivity index (χ2v) is 6.28. The number of hydrogen-bond donors (Lipinski definition) is 1. The summed E-state index contributed by atoms with van der Waals surface area (Å²) in [6.07, 6.45) is -4.33. The van der Waals surface area contributed by atoms with Gasteiger partial charge in [-0.15, -0.1) is 11.8 Å². The molecule has 0 spiro atoms. The van der Waals surface area contributed by atoms with E-state index in [0.717, 1.165) is 5.75 Å². The number of methoxy groups -OCH3 is 1. The third kappa shape index (κ3) is 6.72. The van der Waals surface area contributed by atoms with Crippen molar-refractivity contribution in [3.63, 3.8) is 0 Å². The van der Waals surface area contributed by atoms with Crippen molar-refractivity contribution in [1.29, 1.82) is 0 Å². The molecule has 1 aromatic carbocycles. The molecule has 0 amide bonds. The third-order valence-corrected chi connectivity index (χ3v) is 4.19. The molecule has 1 rings (SSSR count). The third-order valence-electron chi connectivity index (χ3n) is 2.77. The second-order valence-electron chi connectivity index (χ2n) is 5.19. The van der Waals surface area contributed by atoms with Gasteiger partial charge in [0.05, 0.1) is 12.2 Å². The summed E-state index contributed by atoms with van der Waals surface area (Å²) in [5, 5.41) is 2.95. The zero-order valence-corrected chi connectivity index (χ0v) is 13.4. The average molecular weight is 321 g/mol. The van der Waals surface area contributed by atoms with E-state index in [1.165, 1.54) is 17.8 Å². The molecule has 0 aliphatic rings. The minimum atomic E-state index is -4.33. The van der Waals surface area contributed by atoms with Crippen LogP contribution in [0.1, 0.15) is 25.0 Å². The minimum Gasteiger partial charge on any atom is -0.383 e. The van der Waals surface area contributed by atoms with Gasteiger partial charge >= 0.3 is 6.18 Å². The molecule has 6 heteroatoms. The summed E-state index contributed by atoms with van der Waals surface area (Å²) >= 11 is 1.46. The topological polar surface area (TPSA) is 21.3 Å². The molecular formula is C15H22F3NOS. The highest BCUT2D eigenvalue weighted by atomic mass is 32.2. The zero-order valence-electron chi connectivity index (χ0n) is 12.6. The quantitative estimate of drug-likeness (QED) is 0.573. The van der Waals surface area contributed by atoms with Crippen molar-refractivity contribution in [2.24, 2.45) is 5.92 Å². The summed E-state index contributed by atoms with van der Waals surface area (Å²) in [6, 6.07) is 4.57. The van der Waals surface area contributed by atoms with Crippen LogP contribution in [-0.2, 0) is 17.5 Å². The lowest BCUT2D eigenvalue weighted by Crippen LogP contribution is -2.21. The molecule has 0 radical (unpaired) electrons. The lowest BCUT2D eigenvalue weighted by molar-refractivity contribution is -0.138. The van der Waals surface area contributed by atoms with Crippen LogP contribution in [0.25, 0.3) is 0 Å². The van der Waals surface area contributed by atoms with Crippen molar-refractivity contribution in [1.82, 2.24) is 5.32 Å². The monoisotopic (exact) mass is 321 g/mol. The van der Waals surface area contributed by atoms with E-state index in [0.29, 0.717) is 24.0 Å². The first-order chi connectivity index (χ1) is 9.84. The highest BCUT2D eigenvalue weighted by Crippen LogP contribution is 2.35. The summed E-state index contributed by atoms with van der Waals surface area (Å²) in [6.45, 7) is 5.28. The molecule has 0 bridgehead atoms. The maximum absolute atomic E-state index is 13.1. The molecule has 21 heavy (non-hydrogen) atoms. The van der Waals surface area contributed by atoms with Crippen LogP contribution in [-0.4, -0.2) is 26.0 Å². The largest absolute Gasteiger partial charge is 0.416 e. The number of hydrogen-bond acceptors (Lipinski definition) is 3. The van der Waals surface area contributed by atoms with Gasteiger partial charge in [0.25, 0.3) is 0 Å². The summed E-state index contributed by atoms with van der Waals surface area (Å²) in [7, 11) is 1.56. The Bertz CT molecular complexity index is 435. The van der Waals surface area contributed by atoms with Crippen LogP contribution in [0.3, 0.4) is 0 Å². The Morgan fingerprint density at radius 3 is 2.57 bits per heavy atom. The number of benzene rings is 1. The zero-order chi connectivity index (χ0) is 15.9. The molecule has 0 saturated heterocycles. The van der Waals surface area contributed by atoms with Crippen molar-refractivity contribution in [3.05, 3.63) is 29.3 Å². The maximum Gasteiger partial charge on any atom is 0.416 e. The Labute approximate surface area is 128 Å². The van der Waals surface area contributed by atoms with Crippen molar-refractivity contribution in [3.8, 4) is 0 Å². The van der Waals surface area contributed by atoms with Crippen LogP contribution >= 0.6 is 11.8 Å². The molecule has 1 aromatic rings. The van der Waals surface area contributed by atoms with Crippen molar-refractivity contribution < 1.29 is 17.9 Å². The number of nitrogens with one attached hydrogen (secondary N) is 1. The van der Waals surface area contributed by atoms with Gasteiger partial charge in [-0.2, -0.15) is 13.2 Å². The Kier molecular flexibility index (Phi) is 7.56. The van der Waals surface area contributed by atoms with Gasteiger partial charge in [0.2, 0.25) is 0 Å². The molecule has 2 nitrogen and oxygen atoms in total. The molecule has 0 aromatic heterocycles. The van der Waals surface area contributed by atoms with Gasteiger partial charge in [-0.05, 0) is 23.6 Å². The van der Waals surface area contributed by atoms with Gasteiger partial charge in [-0.25, -0.2) is 0 Å². The maximum atomic E-state index is 13.1. The van der Waals surface area contributed by atoms with Gasteiger partial charge in [0.15, 0.2) is 0 Å². The van der Waals surface area contributed by atoms with Crippen LogP contribution in [0.4, 0.5) is 13.2 Å². The summed E-state index contributed by atoms with van der Waals surface area (Å²) in [5.74, 6) is 1.25. The highest BCUT2D eigenvalue weighted by molar-refractivity contribution is 7.99. The molecule has 1 N–H and O–H groups in total. The van der Waals surface area contributed by atoms with Gasteiger partial charge in [0.1, 0.15) is 0 Å². The molecule has 0 unspecified atom stereocenters. The fourth-order valence-corrected chi connectivity index (χ4v) is 2.61. The van der Waals surface area contributed by atoms with Crippen LogP contribution in [0.2, 0.25) is 0 Å². The first-order valence-electron chi connectivity index (χ1n) is 6.87. The van der Waals surface area contributed by atoms with E-state index < -0.39 is 11.7 Å². The number of alkyl halides is 3. The van der Waals surface area contributed by atoms with E-state index in [2.05, 4.69) is 5.32 Å². The normalized spacial score (nSPS) is 12.1. The first kappa shape index (κ1) is 18.3. The average Bonchev–Trinajstić information content (AvgIpc) is 2.41. The molecule has 120 valence electrons. The predicted molar refractivity (Wildman–Crippen MR) is 80.6 cm³/mol. The van der Waals surface area contributed by atoms with Crippen LogP contribution in [0.5, 0.6) is 0 Å². The smallest absolute Gasteiger partial charge is 0.383 e. The Hall–Kier alpha value is -0.720. The molecule has 0 aliphatic heterocycles. The van der Waals surface area contributed by atoms with Gasteiger partial charge in [-0.3, -0.25) is 0 Å². The number of ether oxygens (including phenoxy) is 1. The predicted octanol–water partition coefficient (Wildman–Crippen LogP) is 4.19. The van der Waals surface area contributed by atoms with Crippen LogP contribution < -0.4 is 5.32 Å². The van der Waals surface area contributed by atoms with Crippen LogP contribution in [0.15, 0.2) is 23.1 Å². The number of halogens is 3. The van der Waals surface area contributed by atoms with E-state index in [1.807, 2.05) is 13.8 Å². The minimum absolute atomic E-state index is 0.188.